The SMILES string of the molecule is CCCCCCCCCCCCCOCC(CO)OC(=O)CCCCCCCC. The van der Waals surface area contributed by atoms with Gasteiger partial charge in [-0.2, -0.15) is 0 Å². The summed E-state index contributed by atoms with van der Waals surface area (Å²) in [6.07, 6.45) is 21.3. The van der Waals surface area contributed by atoms with Gasteiger partial charge in [0.15, 0.2) is 0 Å². The summed E-state index contributed by atoms with van der Waals surface area (Å²) in [7, 11) is 0. The maximum Gasteiger partial charge on any atom is 0.306 e. The van der Waals surface area contributed by atoms with Gasteiger partial charge >= 0.3 is 5.97 Å². The number of carbonyl (C=O) groups is 1. The summed E-state index contributed by atoms with van der Waals surface area (Å²) < 4.78 is 10.9. The molecular formula is C25H50O4. The minimum absolute atomic E-state index is 0.166. The van der Waals surface area contributed by atoms with E-state index in [-0.39, 0.29) is 12.6 Å². The van der Waals surface area contributed by atoms with Crippen LogP contribution in [0, 0.1) is 0 Å². The number of hydrogen-bond donors (Lipinski definition) is 1. The number of aliphatic hydroxyl groups is 1. The monoisotopic (exact) mass is 414 g/mol. The second-order valence-electron chi connectivity index (χ2n) is 8.42. The van der Waals surface area contributed by atoms with Gasteiger partial charge in [0.1, 0.15) is 6.10 Å². The molecule has 0 fully saturated rings. The van der Waals surface area contributed by atoms with Crippen molar-refractivity contribution in [3.05, 3.63) is 0 Å². The molecule has 0 aromatic carbocycles. The van der Waals surface area contributed by atoms with E-state index in [4.69, 9.17) is 9.47 Å². The minimum atomic E-state index is -0.518. The molecule has 0 bridgehead atoms. The Morgan fingerprint density at radius 1 is 0.690 bits per heavy atom. The lowest BCUT2D eigenvalue weighted by Crippen LogP contribution is -2.27. The summed E-state index contributed by atoms with van der Waals surface area (Å²) >= 11 is 0. The van der Waals surface area contributed by atoms with Gasteiger partial charge < -0.3 is 14.6 Å². The Balaban J connectivity index is 3.42. The van der Waals surface area contributed by atoms with E-state index in [0.717, 1.165) is 19.3 Å². The lowest BCUT2D eigenvalue weighted by Gasteiger charge is -2.15. The number of hydrogen-bond acceptors (Lipinski definition) is 4. The number of ether oxygens (including phenoxy) is 2. The van der Waals surface area contributed by atoms with Crippen molar-refractivity contribution in [2.75, 3.05) is 19.8 Å². The van der Waals surface area contributed by atoms with Crippen LogP contribution < -0.4 is 0 Å². The van der Waals surface area contributed by atoms with Crippen molar-refractivity contribution < 1.29 is 19.4 Å². The van der Waals surface area contributed by atoms with Crippen molar-refractivity contribution in [2.24, 2.45) is 0 Å². The Labute approximate surface area is 181 Å². The fourth-order valence-corrected chi connectivity index (χ4v) is 3.50. The molecule has 29 heavy (non-hydrogen) atoms. The molecule has 174 valence electrons. The summed E-state index contributed by atoms with van der Waals surface area (Å²) in [5.41, 5.74) is 0. The van der Waals surface area contributed by atoms with Crippen molar-refractivity contribution >= 4 is 5.97 Å². The Morgan fingerprint density at radius 2 is 1.14 bits per heavy atom. The highest BCUT2D eigenvalue weighted by Gasteiger charge is 2.13. The highest BCUT2D eigenvalue weighted by atomic mass is 16.6. The number of rotatable bonds is 23. The van der Waals surface area contributed by atoms with Crippen LogP contribution in [0.3, 0.4) is 0 Å². The van der Waals surface area contributed by atoms with Gasteiger partial charge in [0.25, 0.3) is 0 Å². The Morgan fingerprint density at radius 3 is 1.62 bits per heavy atom. The van der Waals surface area contributed by atoms with Crippen molar-refractivity contribution in [2.45, 2.75) is 136 Å². The third-order valence-electron chi connectivity index (χ3n) is 5.43. The predicted molar refractivity (Wildman–Crippen MR) is 122 cm³/mol. The van der Waals surface area contributed by atoms with Gasteiger partial charge in [0, 0.05) is 13.0 Å². The molecule has 1 atom stereocenters. The maximum absolute atomic E-state index is 11.8. The first-order valence-electron chi connectivity index (χ1n) is 12.6. The van der Waals surface area contributed by atoms with Crippen molar-refractivity contribution in [3.8, 4) is 0 Å². The van der Waals surface area contributed by atoms with Crippen molar-refractivity contribution in [1.29, 1.82) is 0 Å². The van der Waals surface area contributed by atoms with Crippen LogP contribution in [0.1, 0.15) is 129 Å². The molecule has 0 aliphatic heterocycles. The van der Waals surface area contributed by atoms with Crippen molar-refractivity contribution in [3.63, 3.8) is 0 Å². The molecule has 0 aromatic rings. The lowest BCUT2D eigenvalue weighted by molar-refractivity contribution is -0.154. The topological polar surface area (TPSA) is 55.8 Å². The number of carbonyl (C=O) groups excluding carboxylic acids is 1. The van der Waals surface area contributed by atoms with Crippen LogP contribution in [-0.4, -0.2) is 37.0 Å². The molecule has 0 saturated carbocycles. The van der Waals surface area contributed by atoms with Gasteiger partial charge in [0.2, 0.25) is 0 Å². The van der Waals surface area contributed by atoms with Gasteiger partial charge in [0.05, 0.1) is 13.2 Å². The number of unbranched alkanes of at least 4 members (excludes halogenated alkanes) is 15. The molecular weight excluding hydrogens is 364 g/mol. The molecule has 0 spiro atoms. The van der Waals surface area contributed by atoms with Crippen LogP contribution in [0.4, 0.5) is 0 Å². The van der Waals surface area contributed by atoms with Gasteiger partial charge in [-0.1, -0.05) is 110 Å². The van der Waals surface area contributed by atoms with Crippen LogP contribution >= 0.6 is 0 Å². The van der Waals surface area contributed by atoms with Crippen LogP contribution in [0.2, 0.25) is 0 Å². The Hall–Kier alpha value is -0.610. The van der Waals surface area contributed by atoms with Gasteiger partial charge in [-0.3, -0.25) is 4.79 Å². The number of aliphatic hydroxyl groups excluding tert-OH is 1. The molecule has 4 nitrogen and oxygen atoms in total. The molecule has 0 saturated heterocycles. The van der Waals surface area contributed by atoms with E-state index in [1.165, 1.54) is 89.9 Å². The highest BCUT2D eigenvalue weighted by molar-refractivity contribution is 5.69. The molecule has 1 N–H and O–H groups in total. The molecule has 0 amide bonds. The van der Waals surface area contributed by atoms with E-state index in [1.807, 2.05) is 0 Å². The fraction of sp³-hybridized carbons (Fsp3) is 0.960. The van der Waals surface area contributed by atoms with Gasteiger partial charge in [-0.25, -0.2) is 0 Å². The van der Waals surface area contributed by atoms with E-state index >= 15 is 0 Å². The smallest absolute Gasteiger partial charge is 0.306 e. The Kier molecular flexibility index (Phi) is 23.2. The highest BCUT2D eigenvalue weighted by Crippen LogP contribution is 2.11. The second kappa shape index (κ2) is 23.7. The van der Waals surface area contributed by atoms with Gasteiger partial charge in [-0.15, -0.1) is 0 Å². The average molecular weight is 415 g/mol. The summed E-state index contributed by atoms with van der Waals surface area (Å²) in [6, 6.07) is 0. The average Bonchev–Trinajstić information content (AvgIpc) is 2.73. The second-order valence-corrected chi connectivity index (χ2v) is 8.42. The van der Waals surface area contributed by atoms with Crippen LogP contribution in [0.5, 0.6) is 0 Å². The first kappa shape index (κ1) is 28.4. The predicted octanol–water partition coefficient (Wildman–Crippen LogP) is 6.97. The van der Waals surface area contributed by atoms with Crippen LogP contribution in [0.25, 0.3) is 0 Å². The first-order chi connectivity index (χ1) is 14.2. The van der Waals surface area contributed by atoms with Gasteiger partial charge in [-0.05, 0) is 12.8 Å². The zero-order chi connectivity index (χ0) is 21.4. The zero-order valence-electron chi connectivity index (χ0n) is 19.6. The Bertz CT molecular complexity index is 333. The third kappa shape index (κ3) is 21.9. The third-order valence-corrected chi connectivity index (χ3v) is 5.43. The largest absolute Gasteiger partial charge is 0.457 e. The van der Waals surface area contributed by atoms with E-state index in [9.17, 15) is 9.90 Å². The van der Waals surface area contributed by atoms with E-state index in [2.05, 4.69) is 13.8 Å². The van der Waals surface area contributed by atoms with E-state index in [1.54, 1.807) is 0 Å². The molecule has 1 unspecified atom stereocenters. The molecule has 0 aromatic heterocycles. The molecule has 4 heteroatoms. The summed E-state index contributed by atoms with van der Waals surface area (Å²) in [5.74, 6) is -0.210. The van der Waals surface area contributed by atoms with Crippen LogP contribution in [-0.2, 0) is 14.3 Å². The molecule has 0 heterocycles. The lowest BCUT2D eigenvalue weighted by atomic mass is 10.1. The quantitative estimate of drug-likeness (QED) is 0.145. The summed E-state index contributed by atoms with van der Waals surface area (Å²) in [6.45, 7) is 5.28. The van der Waals surface area contributed by atoms with E-state index in [0.29, 0.717) is 19.6 Å². The molecule has 0 aliphatic rings. The number of esters is 1. The standard InChI is InChI=1S/C25H50O4/c1-3-5-7-9-11-12-13-14-15-17-19-21-28-23-24(22-26)29-25(27)20-18-16-10-8-6-4-2/h24,26H,3-23H2,1-2H3. The fourth-order valence-electron chi connectivity index (χ4n) is 3.50. The zero-order valence-corrected chi connectivity index (χ0v) is 19.6. The summed E-state index contributed by atoms with van der Waals surface area (Å²) in [5, 5.41) is 9.38. The summed E-state index contributed by atoms with van der Waals surface area (Å²) in [4.78, 5) is 11.8. The van der Waals surface area contributed by atoms with E-state index < -0.39 is 6.10 Å². The van der Waals surface area contributed by atoms with Crippen LogP contribution in [0.15, 0.2) is 0 Å². The van der Waals surface area contributed by atoms with Crippen molar-refractivity contribution in [1.82, 2.24) is 0 Å². The molecule has 0 radical (unpaired) electrons. The normalized spacial score (nSPS) is 12.2. The maximum atomic E-state index is 11.8. The molecule has 0 rings (SSSR count). The molecule has 0 aliphatic carbocycles. The minimum Gasteiger partial charge on any atom is -0.457 e. The first-order valence-corrected chi connectivity index (χ1v) is 12.6.